The molecule has 0 bridgehead atoms. The highest BCUT2D eigenvalue weighted by Gasteiger charge is 2.57. The summed E-state index contributed by atoms with van der Waals surface area (Å²) in [5.41, 5.74) is 3.78. The second kappa shape index (κ2) is 6.96. The van der Waals surface area contributed by atoms with Crippen molar-refractivity contribution in [2.75, 3.05) is 18.0 Å². The molecule has 162 valence electrons. The van der Waals surface area contributed by atoms with Crippen LogP contribution in [0.2, 0.25) is 0 Å². The Hall–Kier alpha value is -3.11. The van der Waals surface area contributed by atoms with Crippen molar-refractivity contribution in [1.29, 1.82) is 0 Å². The molecule has 2 fully saturated rings. The topological polar surface area (TPSA) is 101 Å². The molecule has 1 saturated heterocycles. The van der Waals surface area contributed by atoms with E-state index >= 15 is 0 Å². The minimum atomic E-state index is -1.56. The zero-order valence-electron chi connectivity index (χ0n) is 15.8. The Morgan fingerprint density at radius 2 is 1.97 bits per heavy atom. The van der Waals surface area contributed by atoms with Crippen molar-refractivity contribution in [2.24, 2.45) is 11.7 Å². The van der Waals surface area contributed by atoms with E-state index in [4.69, 9.17) is 5.73 Å². The lowest BCUT2D eigenvalue weighted by Gasteiger charge is -2.22. The van der Waals surface area contributed by atoms with Crippen LogP contribution in [0.3, 0.4) is 0 Å². The SMILES string of the molecule is Cl.NC12CC1CN(c1nc3c(cc1F)c(=O)c(C(=O)O)cn3-c1ccc(F)cc1F)C2. The van der Waals surface area contributed by atoms with Crippen LogP contribution in [0.25, 0.3) is 16.7 Å². The average Bonchev–Trinajstić information content (AvgIpc) is 3.19. The number of aromatic nitrogens is 2. The predicted octanol–water partition coefficient (Wildman–Crippen LogP) is 2.46. The number of fused-ring (bicyclic) bond motifs is 2. The van der Waals surface area contributed by atoms with E-state index in [1.807, 2.05) is 0 Å². The van der Waals surface area contributed by atoms with Gasteiger partial charge in [-0.3, -0.25) is 9.36 Å². The number of carboxylic acid groups (broad SMARTS) is 1. The number of carboxylic acids is 1. The predicted molar refractivity (Wildman–Crippen MR) is 109 cm³/mol. The van der Waals surface area contributed by atoms with Crippen molar-refractivity contribution in [3.8, 4) is 5.69 Å². The lowest BCUT2D eigenvalue weighted by molar-refractivity contribution is 0.0695. The van der Waals surface area contributed by atoms with E-state index in [0.717, 1.165) is 35.4 Å². The first kappa shape index (κ1) is 21.1. The van der Waals surface area contributed by atoms with E-state index in [2.05, 4.69) is 4.98 Å². The molecular formula is C20H16ClF3N4O3. The van der Waals surface area contributed by atoms with E-state index in [1.165, 1.54) is 0 Å². The quantitative estimate of drug-likeness (QED) is 0.633. The van der Waals surface area contributed by atoms with Crippen LogP contribution in [-0.4, -0.2) is 39.3 Å². The van der Waals surface area contributed by atoms with Crippen LogP contribution in [0.15, 0.2) is 35.3 Å². The number of halogens is 4. The van der Waals surface area contributed by atoms with Crippen LogP contribution >= 0.6 is 12.4 Å². The lowest BCUT2D eigenvalue weighted by atomic mass is 10.1. The number of benzene rings is 1. The zero-order valence-corrected chi connectivity index (χ0v) is 16.6. The van der Waals surface area contributed by atoms with Gasteiger partial charge in [-0.25, -0.2) is 22.9 Å². The maximum absolute atomic E-state index is 14.9. The van der Waals surface area contributed by atoms with Crippen molar-refractivity contribution < 1.29 is 23.1 Å². The molecule has 0 spiro atoms. The molecule has 11 heteroatoms. The van der Waals surface area contributed by atoms with E-state index in [-0.39, 0.29) is 46.4 Å². The third kappa shape index (κ3) is 3.22. The van der Waals surface area contributed by atoms with Gasteiger partial charge in [0, 0.05) is 30.9 Å². The summed E-state index contributed by atoms with van der Waals surface area (Å²) in [4.78, 5) is 30.0. The van der Waals surface area contributed by atoms with Gasteiger partial charge in [0.15, 0.2) is 17.3 Å². The van der Waals surface area contributed by atoms with Crippen LogP contribution < -0.4 is 16.1 Å². The fourth-order valence-corrected chi connectivity index (χ4v) is 4.14. The number of pyridine rings is 2. The second-order valence-electron chi connectivity index (χ2n) is 7.82. The molecule has 1 aromatic carbocycles. The van der Waals surface area contributed by atoms with Crippen LogP contribution in [0.1, 0.15) is 16.8 Å². The fraction of sp³-hybridized carbons (Fsp3) is 0.250. The maximum atomic E-state index is 14.9. The van der Waals surface area contributed by atoms with Gasteiger partial charge in [-0.1, -0.05) is 0 Å². The molecule has 2 atom stereocenters. The monoisotopic (exact) mass is 452 g/mol. The zero-order chi connectivity index (χ0) is 21.4. The minimum Gasteiger partial charge on any atom is -0.477 e. The molecule has 31 heavy (non-hydrogen) atoms. The Labute approximate surface area is 179 Å². The molecule has 0 radical (unpaired) electrons. The van der Waals surface area contributed by atoms with E-state index in [1.54, 1.807) is 4.90 Å². The van der Waals surface area contributed by atoms with Crippen molar-refractivity contribution in [3.63, 3.8) is 0 Å². The molecule has 3 heterocycles. The van der Waals surface area contributed by atoms with Crippen LogP contribution in [-0.2, 0) is 0 Å². The summed E-state index contributed by atoms with van der Waals surface area (Å²) in [6, 6.07) is 3.60. The molecule has 1 aliphatic carbocycles. The number of anilines is 1. The average molecular weight is 453 g/mol. The second-order valence-corrected chi connectivity index (χ2v) is 7.82. The fourth-order valence-electron chi connectivity index (χ4n) is 4.14. The number of hydrogen-bond donors (Lipinski definition) is 2. The van der Waals surface area contributed by atoms with Crippen molar-refractivity contribution in [1.82, 2.24) is 9.55 Å². The van der Waals surface area contributed by atoms with Gasteiger partial charge in [-0.05, 0) is 30.5 Å². The summed E-state index contributed by atoms with van der Waals surface area (Å²) in [5, 5.41) is 9.04. The Balaban J connectivity index is 0.00000231. The van der Waals surface area contributed by atoms with Crippen molar-refractivity contribution in [3.05, 3.63) is 63.7 Å². The molecule has 1 aliphatic heterocycles. The molecule has 2 unspecified atom stereocenters. The third-order valence-corrected chi connectivity index (χ3v) is 5.82. The van der Waals surface area contributed by atoms with Gasteiger partial charge in [0.25, 0.3) is 0 Å². The highest BCUT2D eigenvalue weighted by molar-refractivity contribution is 5.92. The Morgan fingerprint density at radius 3 is 2.58 bits per heavy atom. The first-order valence-electron chi connectivity index (χ1n) is 9.16. The molecule has 2 aromatic heterocycles. The van der Waals surface area contributed by atoms with Crippen molar-refractivity contribution >= 4 is 35.2 Å². The van der Waals surface area contributed by atoms with Gasteiger partial charge in [-0.15, -0.1) is 12.4 Å². The van der Waals surface area contributed by atoms with Gasteiger partial charge in [0.2, 0.25) is 5.43 Å². The first-order valence-corrected chi connectivity index (χ1v) is 9.16. The molecule has 3 aromatic rings. The first-order chi connectivity index (χ1) is 14.2. The Kier molecular flexibility index (Phi) is 4.74. The third-order valence-electron chi connectivity index (χ3n) is 5.82. The smallest absolute Gasteiger partial charge is 0.341 e. The highest BCUT2D eigenvalue weighted by Crippen LogP contribution is 2.48. The lowest BCUT2D eigenvalue weighted by Crippen LogP contribution is -2.34. The molecular weight excluding hydrogens is 437 g/mol. The van der Waals surface area contributed by atoms with Crippen molar-refractivity contribution in [2.45, 2.75) is 12.0 Å². The molecule has 3 N–H and O–H groups in total. The van der Waals surface area contributed by atoms with E-state index in [0.29, 0.717) is 19.2 Å². The maximum Gasteiger partial charge on any atom is 0.341 e. The highest BCUT2D eigenvalue weighted by atomic mass is 35.5. The Bertz CT molecular complexity index is 1320. The van der Waals surface area contributed by atoms with Crippen LogP contribution in [0, 0.1) is 23.4 Å². The molecule has 1 saturated carbocycles. The minimum absolute atomic E-state index is 0. The molecule has 5 rings (SSSR count). The standard InChI is InChI=1S/C20H15F3N4O3.ClH/c21-10-1-2-15(13(22)3-10)27-7-12(19(29)30)16(28)11-4-14(23)18(25-17(11)27)26-6-9-5-20(9,24)8-26;/h1-4,7,9H,5-6,8,24H2,(H,29,30);1H. The van der Waals surface area contributed by atoms with E-state index in [9.17, 15) is 27.9 Å². The molecule has 2 aliphatic rings. The number of nitrogens with zero attached hydrogens (tertiary/aromatic N) is 3. The number of piperidine rings is 1. The van der Waals surface area contributed by atoms with Gasteiger partial charge < -0.3 is 15.7 Å². The van der Waals surface area contributed by atoms with Crippen LogP contribution in [0.5, 0.6) is 0 Å². The largest absolute Gasteiger partial charge is 0.477 e. The van der Waals surface area contributed by atoms with Crippen LogP contribution in [0.4, 0.5) is 19.0 Å². The number of hydrogen-bond acceptors (Lipinski definition) is 5. The summed E-state index contributed by atoms with van der Waals surface area (Å²) in [6.45, 7) is 0.879. The number of aromatic carboxylic acids is 1. The molecule has 0 amide bonds. The summed E-state index contributed by atoms with van der Waals surface area (Å²) in [7, 11) is 0. The summed E-state index contributed by atoms with van der Waals surface area (Å²) in [6.07, 6.45) is 1.75. The van der Waals surface area contributed by atoms with Gasteiger partial charge >= 0.3 is 5.97 Å². The summed E-state index contributed by atoms with van der Waals surface area (Å²) < 4.78 is 43.7. The van der Waals surface area contributed by atoms with E-state index < -0.39 is 34.4 Å². The van der Waals surface area contributed by atoms with Gasteiger partial charge in [0.1, 0.15) is 17.2 Å². The number of nitrogens with two attached hydrogens (primary N) is 1. The summed E-state index contributed by atoms with van der Waals surface area (Å²) in [5.74, 6) is -4.03. The summed E-state index contributed by atoms with van der Waals surface area (Å²) >= 11 is 0. The normalized spacial score (nSPS) is 21.7. The number of carbonyl (C=O) groups is 1. The Morgan fingerprint density at radius 1 is 1.23 bits per heavy atom. The number of rotatable bonds is 3. The molecule has 7 nitrogen and oxygen atoms in total. The van der Waals surface area contributed by atoms with Gasteiger partial charge in [-0.2, -0.15) is 0 Å². The van der Waals surface area contributed by atoms with Gasteiger partial charge in [0.05, 0.1) is 11.1 Å².